The molecule has 0 radical (unpaired) electrons. The van der Waals surface area contributed by atoms with E-state index in [-0.39, 0.29) is 5.75 Å². The van der Waals surface area contributed by atoms with Gasteiger partial charge in [0.1, 0.15) is 17.4 Å². The molecule has 0 aromatic heterocycles. The molecule has 4 rings (SSSR count). The summed E-state index contributed by atoms with van der Waals surface area (Å²) in [6.45, 7) is 3.51. The lowest BCUT2D eigenvalue weighted by Gasteiger charge is -2.19. The third-order valence-electron chi connectivity index (χ3n) is 5.28. The summed E-state index contributed by atoms with van der Waals surface area (Å²) < 4.78 is 62.2. The van der Waals surface area contributed by atoms with Crippen molar-refractivity contribution in [3.05, 3.63) is 113 Å². The molecule has 0 bridgehead atoms. The van der Waals surface area contributed by atoms with Crippen molar-refractivity contribution in [1.29, 1.82) is 0 Å². The van der Waals surface area contributed by atoms with E-state index < -0.39 is 23.3 Å². The van der Waals surface area contributed by atoms with Crippen molar-refractivity contribution in [2.24, 2.45) is 0 Å². The van der Waals surface area contributed by atoms with E-state index in [9.17, 15) is 17.6 Å². The van der Waals surface area contributed by atoms with Crippen LogP contribution in [0.1, 0.15) is 16.7 Å². The van der Waals surface area contributed by atoms with E-state index >= 15 is 0 Å². The lowest BCUT2D eigenvalue weighted by atomic mass is 9.98. The first-order valence-corrected chi connectivity index (χ1v) is 10.0. The number of ether oxygens (including phenoxy) is 1. The highest BCUT2D eigenvalue weighted by Crippen LogP contribution is 2.34. The Kier molecular flexibility index (Phi) is 5.74. The molecule has 5 heteroatoms. The standard InChI is InChI=1S/C27H20F4O/c1-17-3-6-19(7-4-17)21-10-14-24(26(29)15-21)20-8-11-22(12-9-20)27(30,31)32-23-13-5-18(2)25(28)16-23/h3-16H,1-2H3. The first-order valence-electron chi connectivity index (χ1n) is 10.0. The van der Waals surface area contributed by atoms with Gasteiger partial charge >= 0.3 is 6.11 Å². The van der Waals surface area contributed by atoms with Crippen molar-refractivity contribution in [3.8, 4) is 28.0 Å². The van der Waals surface area contributed by atoms with E-state index in [4.69, 9.17) is 4.74 Å². The number of rotatable bonds is 5. The maximum absolute atomic E-state index is 14.8. The van der Waals surface area contributed by atoms with E-state index in [1.54, 1.807) is 12.1 Å². The van der Waals surface area contributed by atoms with Crippen LogP contribution in [0.3, 0.4) is 0 Å². The molecule has 0 N–H and O–H groups in total. The van der Waals surface area contributed by atoms with Crippen molar-refractivity contribution < 1.29 is 22.3 Å². The highest BCUT2D eigenvalue weighted by Gasteiger charge is 2.34. The monoisotopic (exact) mass is 436 g/mol. The van der Waals surface area contributed by atoms with Gasteiger partial charge in [-0.05, 0) is 60.4 Å². The van der Waals surface area contributed by atoms with Gasteiger partial charge in [0.15, 0.2) is 0 Å². The van der Waals surface area contributed by atoms with Gasteiger partial charge in [0, 0.05) is 11.6 Å². The van der Waals surface area contributed by atoms with Crippen LogP contribution in [0.15, 0.2) is 84.9 Å². The van der Waals surface area contributed by atoms with Gasteiger partial charge in [-0.3, -0.25) is 0 Å². The zero-order valence-electron chi connectivity index (χ0n) is 17.5. The number of aryl methyl sites for hydroxylation is 2. The molecule has 0 aliphatic heterocycles. The van der Waals surface area contributed by atoms with Crippen molar-refractivity contribution in [3.63, 3.8) is 0 Å². The zero-order chi connectivity index (χ0) is 22.9. The Hall–Kier alpha value is -3.60. The second kappa shape index (κ2) is 8.50. The second-order valence-electron chi connectivity index (χ2n) is 7.67. The molecule has 0 saturated heterocycles. The third kappa shape index (κ3) is 4.52. The van der Waals surface area contributed by atoms with E-state index in [1.807, 2.05) is 31.2 Å². The Balaban J connectivity index is 1.56. The van der Waals surface area contributed by atoms with Gasteiger partial charge in [-0.1, -0.05) is 60.2 Å². The van der Waals surface area contributed by atoms with Gasteiger partial charge in [-0.2, -0.15) is 8.78 Å². The fourth-order valence-electron chi connectivity index (χ4n) is 3.36. The minimum atomic E-state index is -3.67. The minimum Gasteiger partial charge on any atom is -0.429 e. The fraction of sp³-hybridized carbons (Fsp3) is 0.111. The van der Waals surface area contributed by atoms with E-state index in [0.29, 0.717) is 16.7 Å². The first kappa shape index (κ1) is 21.6. The summed E-state index contributed by atoms with van der Waals surface area (Å²) in [5, 5.41) is 0. The normalized spacial score (nSPS) is 11.4. The average molecular weight is 436 g/mol. The van der Waals surface area contributed by atoms with Crippen molar-refractivity contribution in [1.82, 2.24) is 0 Å². The van der Waals surface area contributed by atoms with Gasteiger partial charge in [0.05, 0.1) is 5.56 Å². The Labute approximate surface area is 183 Å². The molecule has 32 heavy (non-hydrogen) atoms. The molecule has 0 spiro atoms. The smallest absolute Gasteiger partial charge is 0.426 e. The predicted octanol–water partition coefficient (Wildman–Crippen LogP) is 8.04. The maximum atomic E-state index is 14.8. The first-order chi connectivity index (χ1) is 15.2. The molecule has 0 atom stereocenters. The topological polar surface area (TPSA) is 9.23 Å². The van der Waals surface area contributed by atoms with Crippen LogP contribution in [0.2, 0.25) is 0 Å². The molecule has 0 aliphatic rings. The summed E-state index contributed by atoms with van der Waals surface area (Å²) in [7, 11) is 0. The average Bonchev–Trinajstić information content (AvgIpc) is 2.77. The molecule has 4 aromatic carbocycles. The summed E-state index contributed by atoms with van der Waals surface area (Å²) in [5.74, 6) is -1.35. The molecule has 0 unspecified atom stereocenters. The molecule has 0 saturated carbocycles. The van der Waals surface area contributed by atoms with Gasteiger partial charge in [-0.15, -0.1) is 0 Å². The van der Waals surface area contributed by atoms with Gasteiger partial charge in [0.2, 0.25) is 0 Å². The maximum Gasteiger partial charge on any atom is 0.426 e. The number of hydrogen-bond acceptors (Lipinski definition) is 1. The van der Waals surface area contributed by atoms with E-state index in [2.05, 4.69) is 0 Å². The minimum absolute atomic E-state index is 0.278. The summed E-state index contributed by atoms with van der Waals surface area (Å²) in [4.78, 5) is 0. The van der Waals surface area contributed by atoms with Crippen molar-refractivity contribution in [2.45, 2.75) is 20.0 Å². The van der Waals surface area contributed by atoms with Crippen molar-refractivity contribution >= 4 is 0 Å². The number of benzene rings is 4. The Morgan fingerprint density at radius 1 is 0.625 bits per heavy atom. The van der Waals surface area contributed by atoms with Crippen LogP contribution in [0.25, 0.3) is 22.3 Å². The quantitative estimate of drug-likeness (QED) is 0.288. The van der Waals surface area contributed by atoms with Crippen molar-refractivity contribution in [2.75, 3.05) is 0 Å². The number of hydrogen-bond donors (Lipinski definition) is 0. The van der Waals surface area contributed by atoms with Crippen LogP contribution in [0, 0.1) is 25.5 Å². The lowest BCUT2D eigenvalue weighted by molar-refractivity contribution is -0.185. The summed E-state index contributed by atoms with van der Waals surface area (Å²) in [6, 6.07) is 21.3. The molecule has 4 aromatic rings. The number of halogens is 4. The second-order valence-corrected chi connectivity index (χ2v) is 7.67. The summed E-state index contributed by atoms with van der Waals surface area (Å²) in [6.07, 6.45) is -3.67. The Morgan fingerprint density at radius 2 is 1.25 bits per heavy atom. The number of alkyl halides is 2. The van der Waals surface area contributed by atoms with Gasteiger partial charge < -0.3 is 4.74 Å². The largest absolute Gasteiger partial charge is 0.429 e. The Morgan fingerprint density at radius 3 is 1.88 bits per heavy atom. The molecular formula is C27H20F4O. The van der Waals surface area contributed by atoms with Crippen LogP contribution >= 0.6 is 0 Å². The highest BCUT2D eigenvalue weighted by atomic mass is 19.3. The van der Waals surface area contributed by atoms with Crippen LogP contribution < -0.4 is 4.74 Å². The molecule has 0 fully saturated rings. The van der Waals surface area contributed by atoms with E-state index in [1.165, 1.54) is 49.4 Å². The fourth-order valence-corrected chi connectivity index (χ4v) is 3.36. The zero-order valence-corrected chi connectivity index (χ0v) is 17.5. The molecular weight excluding hydrogens is 416 g/mol. The predicted molar refractivity (Wildman–Crippen MR) is 118 cm³/mol. The van der Waals surface area contributed by atoms with Crippen LogP contribution in [-0.4, -0.2) is 0 Å². The van der Waals surface area contributed by atoms with Crippen LogP contribution in [-0.2, 0) is 6.11 Å². The Bertz CT molecular complexity index is 1250. The third-order valence-corrected chi connectivity index (χ3v) is 5.28. The molecule has 1 nitrogen and oxygen atoms in total. The van der Waals surface area contributed by atoms with Gasteiger partial charge in [0.25, 0.3) is 0 Å². The SMILES string of the molecule is Cc1ccc(-c2ccc(-c3ccc(C(F)(F)Oc4ccc(C)c(F)c4)cc3)c(F)c2)cc1. The van der Waals surface area contributed by atoms with Crippen LogP contribution in [0.4, 0.5) is 17.6 Å². The highest BCUT2D eigenvalue weighted by molar-refractivity contribution is 5.71. The summed E-state index contributed by atoms with van der Waals surface area (Å²) >= 11 is 0. The summed E-state index contributed by atoms with van der Waals surface area (Å²) in [5.41, 5.74) is 3.41. The van der Waals surface area contributed by atoms with Gasteiger partial charge in [-0.25, -0.2) is 8.78 Å². The van der Waals surface area contributed by atoms with Crippen LogP contribution in [0.5, 0.6) is 5.75 Å². The molecule has 0 amide bonds. The molecule has 0 heterocycles. The van der Waals surface area contributed by atoms with E-state index in [0.717, 1.165) is 22.8 Å². The molecule has 0 aliphatic carbocycles. The lowest BCUT2D eigenvalue weighted by Crippen LogP contribution is -2.21. The molecule has 162 valence electrons.